The Hall–Kier alpha value is -0.620. The maximum Gasteiger partial charge on any atom is 0.243 e. The fraction of sp³-hybridized carbons (Fsp3) is 0.600. The van der Waals surface area contributed by atoms with Gasteiger partial charge in [0.1, 0.15) is 0 Å². The molecule has 4 nitrogen and oxygen atoms in total. The maximum absolute atomic E-state index is 12.6. The van der Waals surface area contributed by atoms with Crippen molar-refractivity contribution in [3.8, 4) is 0 Å². The van der Waals surface area contributed by atoms with Crippen LogP contribution < -0.4 is 5.32 Å². The van der Waals surface area contributed by atoms with Crippen molar-refractivity contribution in [2.75, 3.05) is 26.2 Å². The summed E-state index contributed by atoms with van der Waals surface area (Å²) in [6.45, 7) is 9.11. The van der Waals surface area contributed by atoms with Gasteiger partial charge < -0.3 is 5.32 Å². The van der Waals surface area contributed by atoms with Crippen LogP contribution in [0, 0.1) is 0 Å². The Kier molecular flexibility index (Phi) is 6.23. The average Bonchev–Trinajstić information content (AvgIpc) is 2.67. The second kappa shape index (κ2) is 7.09. The minimum absolute atomic E-state index is 0. The molecule has 0 unspecified atom stereocenters. The van der Waals surface area contributed by atoms with Gasteiger partial charge in [-0.1, -0.05) is 32.9 Å². The SMILES string of the molecule is CC(C)(C)c1ccc(S(=O)(=O)N2CCCNCC2)cc1.Cl. The van der Waals surface area contributed by atoms with Crippen LogP contribution in [0.5, 0.6) is 0 Å². The molecule has 1 heterocycles. The number of hydrogen-bond acceptors (Lipinski definition) is 3. The van der Waals surface area contributed by atoms with Crippen molar-refractivity contribution in [2.45, 2.75) is 37.5 Å². The minimum atomic E-state index is -3.35. The second-order valence-electron chi connectivity index (χ2n) is 6.28. The highest BCUT2D eigenvalue weighted by Crippen LogP contribution is 2.24. The summed E-state index contributed by atoms with van der Waals surface area (Å²) in [5.41, 5.74) is 1.18. The highest BCUT2D eigenvalue weighted by Gasteiger charge is 2.25. The molecule has 0 bridgehead atoms. The molecule has 0 spiro atoms. The second-order valence-corrected chi connectivity index (χ2v) is 8.22. The van der Waals surface area contributed by atoms with Gasteiger partial charge in [-0.2, -0.15) is 4.31 Å². The molecular formula is C15H25ClN2O2S. The third kappa shape index (κ3) is 4.42. The first-order chi connectivity index (χ1) is 9.32. The quantitative estimate of drug-likeness (QED) is 0.904. The fourth-order valence-corrected chi connectivity index (χ4v) is 3.82. The van der Waals surface area contributed by atoms with E-state index < -0.39 is 10.0 Å². The van der Waals surface area contributed by atoms with Crippen molar-refractivity contribution < 1.29 is 8.42 Å². The van der Waals surface area contributed by atoms with Crippen molar-refractivity contribution >= 4 is 22.4 Å². The molecule has 2 rings (SSSR count). The van der Waals surface area contributed by atoms with Gasteiger partial charge in [0.05, 0.1) is 4.90 Å². The van der Waals surface area contributed by atoms with Crippen LogP contribution in [-0.4, -0.2) is 38.9 Å². The molecule has 0 saturated carbocycles. The summed E-state index contributed by atoms with van der Waals surface area (Å²) in [6.07, 6.45) is 0.860. The predicted molar refractivity (Wildman–Crippen MR) is 88.6 cm³/mol. The summed E-state index contributed by atoms with van der Waals surface area (Å²) >= 11 is 0. The summed E-state index contributed by atoms with van der Waals surface area (Å²) in [6, 6.07) is 7.30. The van der Waals surface area contributed by atoms with Crippen LogP contribution in [0.4, 0.5) is 0 Å². The van der Waals surface area contributed by atoms with E-state index in [4.69, 9.17) is 0 Å². The molecule has 0 aliphatic carbocycles. The van der Waals surface area contributed by atoms with Gasteiger partial charge in [-0.15, -0.1) is 12.4 Å². The Morgan fingerprint density at radius 1 is 1.05 bits per heavy atom. The standard InChI is InChI=1S/C15H24N2O2S.ClH/c1-15(2,3)13-5-7-14(8-6-13)20(18,19)17-11-4-9-16-10-12-17;/h5-8,16H,4,9-12H2,1-3H3;1H. The molecular weight excluding hydrogens is 308 g/mol. The lowest BCUT2D eigenvalue weighted by Gasteiger charge is -2.22. The van der Waals surface area contributed by atoms with Crippen molar-refractivity contribution in [3.05, 3.63) is 29.8 Å². The molecule has 1 N–H and O–H groups in total. The number of nitrogens with one attached hydrogen (secondary N) is 1. The van der Waals surface area contributed by atoms with E-state index in [0.29, 0.717) is 18.0 Å². The van der Waals surface area contributed by atoms with Crippen LogP contribution in [0.25, 0.3) is 0 Å². The van der Waals surface area contributed by atoms with Crippen molar-refractivity contribution in [1.29, 1.82) is 0 Å². The molecule has 1 aliphatic rings. The third-order valence-electron chi connectivity index (χ3n) is 3.66. The van der Waals surface area contributed by atoms with E-state index in [9.17, 15) is 8.42 Å². The molecule has 0 atom stereocenters. The van der Waals surface area contributed by atoms with Crippen molar-refractivity contribution in [1.82, 2.24) is 9.62 Å². The molecule has 120 valence electrons. The molecule has 0 amide bonds. The maximum atomic E-state index is 12.6. The van der Waals surface area contributed by atoms with Crippen LogP contribution in [0.1, 0.15) is 32.8 Å². The lowest BCUT2D eigenvalue weighted by Crippen LogP contribution is -2.34. The normalized spacial score (nSPS) is 17.9. The van der Waals surface area contributed by atoms with Gasteiger partial charge in [-0.25, -0.2) is 8.42 Å². The lowest BCUT2D eigenvalue weighted by atomic mass is 9.87. The van der Waals surface area contributed by atoms with Gasteiger partial charge in [-0.05, 0) is 36.1 Å². The van der Waals surface area contributed by atoms with E-state index in [-0.39, 0.29) is 17.8 Å². The van der Waals surface area contributed by atoms with Crippen molar-refractivity contribution in [2.24, 2.45) is 0 Å². The molecule has 0 radical (unpaired) electrons. The van der Waals surface area contributed by atoms with Crippen LogP contribution in [0.3, 0.4) is 0 Å². The number of benzene rings is 1. The van der Waals surface area contributed by atoms with Gasteiger partial charge in [-0.3, -0.25) is 0 Å². The Labute approximate surface area is 134 Å². The van der Waals surface area contributed by atoms with E-state index in [0.717, 1.165) is 25.1 Å². The zero-order valence-electron chi connectivity index (χ0n) is 12.9. The van der Waals surface area contributed by atoms with E-state index in [1.165, 1.54) is 0 Å². The number of nitrogens with zero attached hydrogens (tertiary/aromatic N) is 1. The molecule has 21 heavy (non-hydrogen) atoms. The zero-order valence-corrected chi connectivity index (χ0v) is 14.6. The van der Waals surface area contributed by atoms with Crippen LogP contribution in [0.15, 0.2) is 29.2 Å². The summed E-state index contributed by atoms with van der Waals surface area (Å²) < 4.78 is 26.8. The minimum Gasteiger partial charge on any atom is -0.315 e. The fourth-order valence-electron chi connectivity index (χ4n) is 2.34. The van der Waals surface area contributed by atoms with Crippen LogP contribution in [0.2, 0.25) is 0 Å². The Morgan fingerprint density at radius 3 is 2.24 bits per heavy atom. The zero-order chi connectivity index (χ0) is 14.8. The Balaban J connectivity index is 0.00000220. The number of rotatable bonds is 2. The van der Waals surface area contributed by atoms with Crippen LogP contribution in [-0.2, 0) is 15.4 Å². The largest absolute Gasteiger partial charge is 0.315 e. The van der Waals surface area contributed by atoms with Gasteiger partial charge in [0, 0.05) is 19.6 Å². The number of hydrogen-bond donors (Lipinski definition) is 1. The Morgan fingerprint density at radius 2 is 1.67 bits per heavy atom. The smallest absolute Gasteiger partial charge is 0.243 e. The molecule has 1 saturated heterocycles. The van der Waals surface area contributed by atoms with Gasteiger partial charge >= 0.3 is 0 Å². The number of sulfonamides is 1. The number of halogens is 1. The first-order valence-electron chi connectivity index (χ1n) is 7.13. The van der Waals surface area contributed by atoms with Gasteiger partial charge in [0.15, 0.2) is 0 Å². The highest BCUT2D eigenvalue weighted by molar-refractivity contribution is 7.89. The molecule has 1 aromatic rings. The molecule has 1 aromatic carbocycles. The summed E-state index contributed by atoms with van der Waals surface area (Å²) in [7, 11) is -3.35. The van der Waals surface area contributed by atoms with E-state index in [1.54, 1.807) is 16.4 Å². The van der Waals surface area contributed by atoms with Crippen LogP contribution >= 0.6 is 12.4 Å². The van der Waals surface area contributed by atoms with E-state index in [2.05, 4.69) is 26.1 Å². The summed E-state index contributed by atoms with van der Waals surface area (Å²) in [4.78, 5) is 0.396. The first kappa shape index (κ1) is 18.4. The lowest BCUT2D eigenvalue weighted by molar-refractivity contribution is 0.432. The summed E-state index contributed by atoms with van der Waals surface area (Å²) in [5.74, 6) is 0. The average molecular weight is 333 g/mol. The van der Waals surface area contributed by atoms with Gasteiger partial charge in [0.2, 0.25) is 10.0 Å². The summed E-state index contributed by atoms with van der Waals surface area (Å²) in [5, 5.41) is 3.22. The first-order valence-corrected chi connectivity index (χ1v) is 8.57. The van der Waals surface area contributed by atoms with Gasteiger partial charge in [0.25, 0.3) is 0 Å². The third-order valence-corrected chi connectivity index (χ3v) is 5.57. The van der Waals surface area contributed by atoms with E-state index >= 15 is 0 Å². The van der Waals surface area contributed by atoms with Crippen molar-refractivity contribution in [3.63, 3.8) is 0 Å². The molecule has 1 aliphatic heterocycles. The molecule has 1 fully saturated rings. The Bertz CT molecular complexity index is 542. The highest BCUT2D eigenvalue weighted by atomic mass is 35.5. The molecule has 0 aromatic heterocycles. The molecule has 6 heteroatoms. The monoisotopic (exact) mass is 332 g/mol. The predicted octanol–water partition coefficient (Wildman–Crippen LogP) is 2.39. The van der Waals surface area contributed by atoms with E-state index in [1.807, 2.05) is 12.1 Å². The topological polar surface area (TPSA) is 49.4 Å².